The number of aromatic nitrogens is 3. The van der Waals surface area contributed by atoms with Gasteiger partial charge in [0.1, 0.15) is 0 Å². The van der Waals surface area contributed by atoms with Crippen LogP contribution in [0.1, 0.15) is 13.3 Å². The van der Waals surface area contributed by atoms with E-state index in [-0.39, 0.29) is 0 Å². The van der Waals surface area contributed by atoms with Crippen molar-refractivity contribution >= 4 is 45.2 Å². The van der Waals surface area contributed by atoms with Crippen LogP contribution in [0.2, 0.25) is 0 Å². The summed E-state index contributed by atoms with van der Waals surface area (Å²) in [5.74, 6) is 0. The number of halogens is 2. The summed E-state index contributed by atoms with van der Waals surface area (Å²) >= 11 is 4.20. The van der Waals surface area contributed by atoms with E-state index in [4.69, 9.17) is 0 Å². The zero-order chi connectivity index (χ0) is 13.7. The van der Waals surface area contributed by atoms with Crippen LogP contribution in [0.3, 0.4) is 0 Å². The average Bonchev–Trinajstić information content (AvgIpc) is 2.35. The molecule has 18 heavy (non-hydrogen) atoms. The van der Waals surface area contributed by atoms with Crippen LogP contribution in [0.25, 0.3) is 0 Å². The van der Waals surface area contributed by atoms with Gasteiger partial charge in [-0.25, -0.2) is 28.1 Å². The summed E-state index contributed by atoms with van der Waals surface area (Å²) in [6.45, 7) is 2.91. The minimum atomic E-state index is -0.495. The molecule has 0 aromatic carbocycles. The van der Waals surface area contributed by atoms with Crippen molar-refractivity contribution in [3.8, 4) is 0 Å². The molecule has 6 nitrogen and oxygen atoms in total. The molecule has 0 aliphatic carbocycles. The van der Waals surface area contributed by atoms with Gasteiger partial charge < -0.3 is 0 Å². The summed E-state index contributed by atoms with van der Waals surface area (Å²) < 4.78 is 4.76. The van der Waals surface area contributed by atoms with Crippen molar-refractivity contribution in [3.63, 3.8) is 0 Å². The van der Waals surface area contributed by atoms with E-state index in [9.17, 15) is 14.4 Å². The van der Waals surface area contributed by atoms with Gasteiger partial charge in [-0.1, -0.05) is 52.1 Å². The molecule has 8 heteroatoms. The van der Waals surface area contributed by atoms with Crippen LogP contribution in [0.15, 0.2) is 14.4 Å². The highest BCUT2D eigenvalue weighted by Gasteiger charge is 2.13. The SMILES string of the molecule is CCCn1c(=O)n(CCI)c(=O)n(CCI)c1=O. The summed E-state index contributed by atoms with van der Waals surface area (Å²) in [6, 6.07) is 0. The molecule has 0 unspecified atom stereocenters. The lowest BCUT2D eigenvalue weighted by molar-refractivity contribution is 0.464. The van der Waals surface area contributed by atoms with Crippen molar-refractivity contribution in [1.82, 2.24) is 13.7 Å². The molecule has 0 fully saturated rings. The molecule has 0 spiro atoms. The Hall–Kier alpha value is -0.130. The first-order valence-corrected chi connectivity index (χ1v) is 8.70. The quantitative estimate of drug-likeness (QED) is 0.440. The number of alkyl halides is 2. The second kappa shape index (κ2) is 7.46. The number of nitrogens with zero attached hydrogens (tertiary/aromatic N) is 3. The largest absolute Gasteiger partial charge is 0.336 e. The van der Waals surface area contributed by atoms with Crippen LogP contribution in [0, 0.1) is 0 Å². The van der Waals surface area contributed by atoms with Crippen LogP contribution in [-0.4, -0.2) is 22.6 Å². The molecule has 0 radical (unpaired) electrons. The Balaban J connectivity index is 3.59. The van der Waals surface area contributed by atoms with Crippen LogP contribution in [0.4, 0.5) is 0 Å². The molecule has 0 aliphatic heterocycles. The van der Waals surface area contributed by atoms with E-state index < -0.39 is 17.1 Å². The molecule has 0 saturated carbocycles. The molecular weight excluding hydrogens is 464 g/mol. The van der Waals surface area contributed by atoms with Crippen LogP contribution >= 0.6 is 45.2 Å². The van der Waals surface area contributed by atoms with Gasteiger partial charge in [-0.15, -0.1) is 0 Å². The van der Waals surface area contributed by atoms with Gasteiger partial charge in [0.25, 0.3) is 0 Å². The maximum Gasteiger partial charge on any atom is 0.336 e. The summed E-state index contributed by atoms with van der Waals surface area (Å²) in [5, 5.41) is 0. The summed E-state index contributed by atoms with van der Waals surface area (Å²) in [4.78, 5) is 36.2. The molecule has 0 N–H and O–H groups in total. The van der Waals surface area contributed by atoms with E-state index in [0.717, 1.165) is 13.7 Å². The average molecular weight is 479 g/mol. The second-order valence-corrected chi connectivity index (χ2v) is 5.84. The molecule has 1 heterocycles. The molecule has 0 saturated heterocycles. The third-order valence-corrected chi connectivity index (χ3v) is 3.41. The van der Waals surface area contributed by atoms with E-state index in [1.165, 1.54) is 0 Å². The third kappa shape index (κ3) is 3.25. The standard InChI is InChI=1S/C10H15I2N3O3/c1-2-5-13-8(16)14(6-3-11)10(18)15(7-4-12)9(13)17/h2-7H2,1H3. The van der Waals surface area contributed by atoms with Gasteiger partial charge in [0, 0.05) is 28.5 Å². The van der Waals surface area contributed by atoms with Gasteiger partial charge in [-0.2, -0.15) is 0 Å². The first-order valence-electron chi connectivity index (χ1n) is 5.64. The van der Waals surface area contributed by atoms with E-state index in [0.29, 0.717) is 34.9 Å². The van der Waals surface area contributed by atoms with Crippen molar-refractivity contribution in [1.29, 1.82) is 0 Å². The fourth-order valence-electron chi connectivity index (χ4n) is 1.65. The molecule has 1 aromatic heterocycles. The van der Waals surface area contributed by atoms with Gasteiger partial charge >= 0.3 is 17.1 Å². The lowest BCUT2D eigenvalue weighted by Gasteiger charge is -2.11. The first-order chi connectivity index (χ1) is 8.58. The van der Waals surface area contributed by atoms with Gasteiger partial charge in [-0.3, -0.25) is 0 Å². The molecule has 1 aromatic rings. The fraction of sp³-hybridized carbons (Fsp3) is 0.700. The normalized spacial score (nSPS) is 10.8. The lowest BCUT2D eigenvalue weighted by atomic mass is 10.5. The lowest BCUT2D eigenvalue weighted by Crippen LogP contribution is -2.54. The van der Waals surface area contributed by atoms with Gasteiger partial charge in [0.05, 0.1) is 0 Å². The summed E-state index contributed by atoms with van der Waals surface area (Å²) in [6.07, 6.45) is 0.682. The number of rotatable bonds is 6. The van der Waals surface area contributed by atoms with Crippen molar-refractivity contribution in [2.45, 2.75) is 33.0 Å². The molecular formula is C10H15I2N3O3. The Labute approximate surface area is 131 Å². The second-order valence-electron chi connectivity index (χ2n) is 3.68. The van der Waals surface area contributed by atoms with Crippen LogP contribution in [0.5, 0.6) is 0 Å². The monoisotopic (exact) mass is 479 g/mol. The zero-order valence-electron chi connectivity index (χ0n) is 10.1. The topological polar surface area (TPSA) is 66.0 Å². The Kier molecular flexibility index (Phi) is 6.60. The van der Waals surface area contributed by atoms with Crippen molar-refractivity contribution in [3.05, 3.63) is 31.5 Å². The van der Waals surface area contributed by atoms with Gasteiger partial charge in [0.2, 0.25) is 0 Å². The smallest absolute Gasteiger partial charge is 0.247 e. The molecule has 102 valence electrons. The summed E-state index contributed by atoms with van der Waals surface area (Å²) in [7, 11) is 0. The minimum Gasteiger partial charge on any atom is -0.247 e. The predicted molar refractivity (Wildman–Crippen MR) is 87.3 cm³/mol. The number of hydrogen-bond acceptors (Lipinski definition) is 3. The van der Waals surface area contributed by atoms with Crippen molar-refractivity contribution < 1.29 is 0 Å². The van der Waals surface area contributed by atoms with Crippen LogP contribution in [-0.2, 0) is 19.6 Å². The van der Waals surface area contributed by atoms with E-state index in [2.05, 4.69) is 45.2 Å². The fourth-order valence-corrected chi connectivity index (χ4v) is 2.61. The molecule has 1 rings (SSSR count). The molecule has 0 bridgehead atoms. The van der Waals surface area contributed by atoms with Crippen molar-refractivity contribution in [2.75, 3.05) is 8.86 Å². The first kappa shape index (κ1) is 15.9. The van der Waals surface area contributed by atoms with Gasteiger partial charge in [0.15, 0.2) is 0 Å². The molecule has 0 aliphatic rings. The highest BCUT2D eigenvalue weighted by Crippen LogP contribution is 1.87. The minimum absolute atomic E-state index is 0.337. The maximum atomic E-state index is 12.1. The third-order valence-electron chi connectivity index (χ3n) is 2.45. The molecule has 0 amide bonds. The van der Waals surface area contributed by atoms with Crippen LogP contribution < -0.4 is 17.1 Å². The Morgan fingerprint density at radius 2 is 1.11 bits per heavy atom. The van der Waals surface area contributed by atoms with E-state index in [1.807, 2.05) is 6.92 Å². The molecule has 0 atom stereocenters. The highest BCUT2D eigenvalue weighted by molar-refractivity contribution is 14.1. The Bertz CT molecular complexity index is 462. The highest BCUT2D eigenvalue weighted by atomic mass is 127. The van der Waals surface area contributed by atoms with Gasteiger partial charge in [-0.05, 0) is 6.42 Å². The van der Waals surface area contributed by atoms with E-state index >= 15 is 0 Å². The predicted octanol–water partition coefficient (Wildman–Crippen LogP) is 0.452. The number of hydrogen-bond donors (Lipinski definition) is 0. The van der Waals surface area contributed by atoms with Crippen molar-refractivity contribution in [2.24, 2.45) is 0 Å². The Morgan fingerprint density at radius 3 is 1.39 bits per heavy atom. The maximum absolute atomic E-state index is 12.1. The Morgan fingerprint density at radius 1 is 0.778 bits per heavy atom. The summed E-state index contributed by atoms with van der Waals surface area (Å²) in [5.41, 5.74) is -1.48. The zero-order valence-corrected chi connectivity index (χ0v) is 14.4. The van der Waals surface area contributed by atoms with E-state index in [1.54, 1.807) is 0 Å².